The molecule has 3 heterocycles. The maximum atomic E-state index is 5.97. The van der Waals surface area contributed by atoms with Gasteiger partial charge in [0.1, 0.15) is 5.75 Å². The van der Waals surface area contributed by atoms with Crippen LogP contribution in [0.2, 0.25) is 0 Å². The maximum Gasteiger partial charge on any atom is 0.168 e. The SMILES string of the molecule is COc1c2c(c(CCN3CCNCC3)c3c1OCC3)OCC2. The lowest BCUT2D eigenvalue weighted by Crippen LogP contribution is -2.44. The molecule has 3 aliphatic rings. The largest absolute Gasteiger partial charge is 0.493 e. The van der Waals surface area contributed by atoms with Gasteiger partial charge in [0.25, 0.3) is 0 Å². The van der Waals surface area contributed by atoms with Crippen LogP contribution < -0.4 is 19.5 Å². The maximum absolute atomic E-state index is 5.97. The first kappa shape index (κ1) is 14.2. The van der Waals surface area contributed by atoms with Crippen molar-refractivity contribution in [1.29, 1.82) is 0 Å². The van der Waals surface area contributed by atoms with Gasteiger partial charge >= 0.3 is 0 Å². The van der Waals surface area contributed by atoms with Gasteiger partial charge in [0.2, 0.25) is 0 Å². The topological polar surface area (TPSA) is 43.0 Å². The lowest BCUT2D eigenvalue weighted by atomic mass is 9.96. The monoisotopic (exact) mass is 304 g/mol. The molecule has 1 aromatic carbocycles. The van der Waals surface area contributed by atoms with Gasteiger partial charge in [-0.15, -0.1) is 0 Å². The summed E-state index contributed by atoms with van der Waals surface area (Å²) in [6, 6.07) is 0. The van der Waals surface area contributed by atoms with E-state index in [0.29, 0.717) is 0 Å². The minimum atomic E-state index is 0.759. The number of ether oxygens (including phenoxy) is 3. The molecule has 0 bridgehead atoms. The highest BCUT2D eigenvalue weighted by molar-refractivity contribution is 5.65. The lowest BCUT2D eigenvalue weighted by molar-refractivity contribution is 0.242. The first-order chi connectivity index (χ1) is 10.9. The molecule has 120 valence electrons. The zero-order valence-corrected chi connectivity index (χ0v) is 13.2. The average molecular weight is 304 g/mol. The van der Waals surface area contributed by atoms with E-state index in [2.05, 4.69) is 10.2 Å². The normalized spacial score (nSPS) is 20.2. The standard InChI is InChI=1S/C17H24N2O3/c1-20-16-14-4-11-21-15(14)12(13-3-10-22-17(13)16)2-7-19-8-5-18-6-9-19/h18H,2-11H2,1H3. The van der Waals surface area contributed by atoms with E-state index >= 15 is 0 Å². The number of methoxy groups -OCH3 is 1. The van der Waals surface area contributed by atoms with Gasteiger partial charge in [-0.3, -0.25) is 0 Å². The van der Waals surface area contributed by atoms with Crippen LogP contribution in [0.3, 0.4) is 0 Å². The first-order valence-electron chi connectivity index (χ1n) is 8.31. The number of hydrogen-bond acceptors (Lipinski definition) is 5. The predicted molar refractivity (Wildman–Crippen MR) is 84.4 cm³/mol. The number of nitrogens with zero attached hydrogens (tertiary/aromatic N) is 1. The molecular weight excluding hydrogens is 280 g/mol. The molecule has 4 rings (SSSR count). The van der Waals surface area contributed by atoms with Crippen molar-refractivity contribution in [3.05, 3.63) is 16.7 Å². The Balaban J connectivity index is 1.64. The van der Waals surface area contributed by atoms with E-state index in [9.17, 15) is 0 Å². The summed E-state index contributed by atoms with van der Waals surface area (Å²) in [6.07, 6.45) is 2.94. The van der Waals surface area contributed by atoms with Crippen LogP contribution in [-0.4, -0.2) is 57.9 Å². The smallest absolute Gasteiger partial charge is 0.168 e. The van der Waals surface area contributed by atoms with E-state index < -0.39 is 0 Å². The van der Waals surface area contributed by atoms with Crippen LogP contribution in [0.15, 0.2) is 0 Å². The third kappa shape index (κ3) is 2.32. The van der Waals surface area contributed by atoms with Gasteiger partial charge in [0.15, 0.2) is 11.5 Å². The van der Waals surface area contributed by atoms with Crippen molar-refractivity contribution < 1.29 is 14.2 Å². The summed E-state index contributed by atoms with van der Waals surface area (Å²) in [5.74, 6) is 2.96. The van der Waals surface area contributed by atoms with Crippen molar-refractivity contribution in [3.63, 3.8) is 0 Å². The van der Waals surface area contributed by atoms with Crippen LogP contribution in [0.4, 0.5) is 0 Å². The summed E-state index contributed by atoms with van der Waals surface area (Å²) < 4.78 is 17.5. The van der Waals surface area contributed by atoms with Crippen LogP contribution in [-0.2, 0) is 19.3 Å². The zero-order valence-electron chi connectivity index (χ0n) is 13.2. The van der Waals surface area contributed by atoms with Gasteiger partial charge in [-0.1, -0.05) is 0 Å². The molecule has 0 unspecified atom stereocenters. The fourth-order valence-corrected chi connectivity index (χ4v) is 3.85. The molecule has 5 heteroatoms. The molecule has 0 atom stereocenters. The molecule has 0 aromatic heterocycles. The molecule has 1 N–H and O–H groups in total. The zero-order chi connectivity index (χ0) is 14.9. The van der Waals surface area contributed by atoms with Gasteiger partial charge < -0.3 is 24.4 Å². The Morgan fingerprint density at radius 3 is 2.55 bits per heavy atom. The van der Waals surface area contributed by atoms with E-state index in [1.807, 2.05) is 0 Å². The number of fused-ring (bicyclic) bond motifs is 2. The molecular formula is C17H24N2O3. The molecule has 1 aromatic rings. The summed E-state index contributed by atoms with van der Waals surface area (Å²) >= 11 is 0. The highest BCUT2D eigenvalue weighted by Crippen LogP contribution is 2.49. The summed E-state index contributed by atoms with van der Waals surface area (Å²) in [7, 11) is 1.73. The van der Waals surface area contributed by atoms with Crippen molar-refractivity contribution in [1.82, 2.24) is 10.2 Å². The highest BCUT2D eigenvalue weighted by atomic mass is 16.5. The molecule has 0 saturated carbocycles. The van der Waals surface area contributed by atoms with Gasteiger partial charge in [0, 0.05) is 62.3 Å². The van der Waals surface area contributed by atoms with E-state index in [-0.39, 0.29) is 0 Å². The molecule has 0 radical (unpaired) electrons. The van der Waals surface area contributed by atoms with Crippen LogP contribution in [0.1, 0.15) is 16.7 Å². The minimum absolute atomic E-state index is 0.759. The van der Waals surface area contributed by atoms with E-state index in [1.165, 1.54) is 16.7 Å². The van der Waals surface area contributed by atoms with Crippen molar-refractivity contribution in [2.75, 3.05) is 53.0 Å². The lowest BCUT2D eigenvalue weighted by Gasteiger charge is -2.27. The molecule has 0 spiro atoms. The predicted octanol–water partition coefficient (Wildman–Crippen LogP) is 1.01. The van der Waals surface area contributed by atoms with Gasteiger partial charge in [0.05, 0.1) is 20.3 Å². The van der Waals surface area contributed by atoms with Crippen LogP contribution in [0, 0.1) is 0 Å². The molecule has 1 fully saturated rings. The number of benzene rings is 1. The summed E-state index contributed by atoms with van der Waals surface area (Å²) in [5.41, 5.74) is 3.88. The molecule has 22 heavy (non-hydrogen) atoms. The van der Waals surface area contributed by atoms with E-state index in [1.54, 1.807) is 7.11 Å². The first-order valence-corrected chi connectivity index (χ1v) is 8.31. The van der Waals surface area contributed by atoms with Crippen LogP contribution in [0.25, 0.3) is 0 Å². The van der Waals surface area contributed by atoms with E-state index in [4.69, 9.17) is 14.2 Å². The van der Waals surface area contributed by atoms with E-state index in [0.717, 1.165) is 82.4 Å². The van der Waals surface area contributed by atoms with Crippen molar-refractivity contribution in [2.45, 2.75) is 19.3 Å². The summed E-state index contributed by atoms with van der Waals surface area (Å²) in [4.78, 5) is 2.53. The molecule has 0 amide bonds. The fourth-order valence-electron chi connectivity index (χ4n) is 3.85. The molecule has 5 nitrogen and oxygen atoms in total. The Kier molecular flexibility index (Phi) is 3.84. The third-order valence-electron chi connectivity index (χ3n) is 4.96. The fraction of sp³-hybridized carbons (Fsp3) is 0.647. The second kappa shape index (κ2) is 5.97. The van der Waals surface area contributed by atoms with Gasteiger partial charge in [-0.05, 0) is 6.42 Å². The minimum Gasteiger partial charge on any atom is -0.493 e. The van der Waals surface area contributed by atoms with Crippen LogP contribution >= 0.6 is 0 Å². The number of rotatable bonds is 4. The van der Waals surface area contributed by atoms with Crippen molar-refractivity contribution in [3.8, 4) is 17.2 Å². The second-order valence-corrected chi connectivity index (χ2v) is 6.17. The number of nitrogens with one attached hydrogen (secondary N) is 1. The Hall–Kier alpha value is -1.46. The molecule has 0 aliphatic carbocycles. The Morgan fingerprint density at radius 1 is 1.05 bits per heavy atom. The van der Waals surface area contributed by atoms with Crippen LogP contribution in [0.5, 0.6) is 17.2 Å². The summed E-state index contributed by atoms with van der Waals surface area (Å²) in [6.45, 7) is 7.08. The number of piperazine rings is 1. The Bertz CT molecular complexity index is 533. The van der Waals surface area contributed by atoms with Crippen molar-refractivity contribution >= 4 is 0 Å². The third-order valence-corrected chi connectivity index (χ3v) is 4.96. The molecule has 3 aliphatic heterocycles. The van der Waals surface area contributed by atoms with Gasteiger partial charge in [-0.25, -0.2) is 0 Å². The Labute approximate surface area is 131 Å². The number of hydrogen-bond donors (Lipinski definition) is 1. The quantitative estimate of drug-likeness (QED) is 0.899. The second-order valence-electron chi connectivity index (χ2n) is 6.17. The van der Waals surface area contributed by atoms with Gasteiger partial charge in [-0.2, -0.15) is 0 Å². The van der Waals surface area contributed by atoms with Crippen molar-refractivity contribution in [2.24, 2.45) is 0 Å². The highest BCUT2D eigenvalue weighted by Gasteiger charge is 2.32. The summed E-state index contributed by atoms with van der Waals surface area (Å²) in [5, 5.41) is 3.41. The average Bonchev–Trinajstić information content (AvgIpc) is 3.21. The molecule has 1 saturated heterocycles. The Morgan fingerprint density at radius 2 is 1.77 bits per heavy atom.